The van der Waals surface area contributed by atoms with E-state index in [0.29, 0.717) is 18.0 Å². The number of amides is 1. The zero-order chi connectivity index (χ0) is 16.3. The van der Waals surface area contributed by atoms with Crippen molar-refractivity contribution in [2.75, 3.05) is 11.9 Å². The third-order valence-electron chi connectivity index (χ3n) is 3.46. The number of ether oxygens (including phenoxy) is 1. The molecule has 0 bridgehead atoms. The highest BCUT2D eigenvalue weighted by molar-refractivity contribution is 5.95. The number of carbonyl (C=O) groups excluding carboxylic acids is 2. The van der Waals surface area contributed by atoms with E-state index in [-0.39, 0.29) is 12.3 Å². The fourth-order valence-corrected chi connectivity index (χ4v) is 2.23. The van der Waals surface area contributed by atoms with Gasteiger partial charge in [0.05, 0.1) is 24.4 Å². The van der Waals surface area contributed by atoms with Gasteiger partial charge < -0.3 is 15.0 Å². The molecule has 0 aliphatic heterocycles. The lowest BCUT2D eigenvalue weighted by Crippen LogP contribution is -2.15. The van der Waals surface area contributed by atoms with Crippen molar-refractivity contribution in [1.29, 1.82) is 0 Å². The Kier molecular flexibility index (Phi) is 4.65. The van der Waals surface area contributed by atoms with Gasteiger partial charge in [0, 0.05) is 24.5 Å². The maximum Gasteiger partial charge on any atom is 0.354 e. The summed E-state index contributed by atoms with van der Waals surface area (Å²) in [4.78, 5) is 26.5. The van der Waals surface area contributed by atoms with Gasteiger partial charge in [0.25, 0.3) is 0 Å². The fourth-order valence-electron chi connectivity index (χ4n) is 2.23. The maximum atomic E-state index is 12.1. The van der Waals surface area contributed by atoms with Crippen molar-refractivity contribution in [3.05, 3.63) is 34.9 Å². The summed E-state index contributed by atoms with van der Waals surface area (Å²) in [6.45, 7) is 5.85. The van der Waals surface area contributed by atoms with Gasteiger partial charge in [-0.05, 0) is 26.8 Å². The van der Waals surface area contributed by atoms with Crippen molar-refractivity contribution in [2.24, 2.45) is 7.05 Å². The van der Waals surface area contributed by atoms with E-state index in [2.05, 4.69) is 15.4 Å². The summed E-state index contributed by atoms with van der Waals surface area (Å²) in [6.07, 6.45) is 1.80. The molecule has 2 N–H and O–H groups in total. The minimum Gasteiger partial charge on any atom is -0.461 e. The monoisotopic (exact) mass is 304 g/mol. The number of aromatic amines is 1. The van der Waals surface area contributed by atoms with E-state index in [4.69, 9.17) is 4.74 Å². The highest BCUT2D eigenvalue weighted by Gasteiger charge is 2.15. The Labute approximate surface area is 128 Å². The standard InChI is InChI=1S/C15H20N4O3/c1-5-22-15(21)13-6-11(8-16-13)17-14(20)7-12-9(2)18-19(4)10(12)3/h6,8,16H,5,7H2,1-4H3,(H,17,20). The summed E-state index contributed by atoms with van der Waals surface area (Å²) in [5.74, 6) is -0.601. The first-order chi connectivity index (χ1) is 10.4. The Morgan fingerprint density at radius 3 is 2.73 bits per heavy atom. The van der Waals surface area contributed by atoms with E-state index in [1.165, 1.54) is 0 Å². The number of hydrogen-bond acceptors (Lipinski definition) is 4. The van der Waals surface area contributed by atoms with Crippen molar-refractivity contribution in [2.45, 2.75) is 27.2 Å². The highest BCUT2D eigenvalue weighted by Crippen LogP contribution is 2.15. The second-order valence-electron chi connectivity index (χ2n) is 5.02. The number of esters is 1. The zero-order valence-corrected chi connectivity index (χ0v) is 13.2. The summed E-state index contributed by atoms with van der Waals surface area (Å²) in [7, 11) is 1.85. The van der Waals surface area contributed by atoms with Gasteiger partial charge in [0.1, 0.15) is 5.69 Å². The zero-order valence-electron chi connectivity index (χ0n) is 13.2. The molecule has 7 nitrogen and oxygen atoms in total. The molecule has 0 saturated heterocycles. The van der Waals surface area contributed by atoms with Crippen LogP contribution in [-0.2, 0) is 23.0 Å². The smallest absolute Gasteiger partial charge is 0.354 e. The summed E-state index contributed by atoms with van der Waals surface area (Å²) in [5.41, 5.74) is 3.57. The summed E-state index contributed by atoms with van der Waals surface area (Å²) in [5, 5.41) is 7.04. The van der Waals surface area contributed by atoms with E-state index in [1.807, 2.05) is 20.9 Å². The molecule has 1 amide bonds. The predicted octanol–water partition coefficient (Wildman–Crippen LogP) is 1.72. The first-order valence-corrected chi connectivity index (χ1v) is 7.06. The predicted molar refractivity (Wildman–Crippen MR) is 81.8 cm³/mol. The normalized spacial score (nSPS) is 10.5. The third-order valence-corrected chi connectivity index (χ3v) is 3.46. The van der Waals surface area contributed by atoms with Crippen LogP contribution in [-0.4, -0.2) is 33.2 Å². The number of nitrogens with zero attached hydrogens (tertiary/aromatic N) is 2. The minimum absolute atomic E-state index is 0.159. The molecule has 0 saturated carbocycles. The van der Waals surface area contributed by atoms with Gasteiger partial charge in [0.2, 0.25) is 5.91 Å². The van der Waals surface area contributed by atoms with E-state index in [0.717, 1.165) is 17.0 Å². The molecule has 0 unspecified atom stereocenters. The van der Waals surface area contributed by atoms with Crippen LogP contribution in [0.5, 0.6) is 0 Å². The van der Waals surface area contributed by atoms with Crippen LogP contribution >= 0.6 is 0 Å². The molecule has 0 fully saturated rings. The third kappa shape index (κ3) is 3.36. The largest absolute Gasteiger partial charge is 0.461 e. The first kappa shape index (κ1) is 15.8. The molecule has 22 heavy (non-hydrogen) atoms. The Balaban J connectivity index is 2.02. The number of aromatic nitrogens is 3. The van der Waals surface area contributed by atoms with Crippen LogP contribution in [0.3, 0.4) is 0 Å². The van der Waals surface area contributed by atoms with E-state index < -0.39 is 5.97 Å². The molecule has 0 radical (unpaired) electrons. The van der Waals surface area contributed by atoms with Crippen molar-refractivity contribution in [3.63, 3.8) is 0 Å². The van der Waals surface area contributed by atoms with Crippen LogP contribution in [0.1, 0.15) is 34.4 Å². The lowest BCUT2D eigenvalue weighted by Gasteiger charge is -2.03. The van der Waals surface area contributed by atoms with Gasteiger partial charge in [0.15, 0.2) is 0 Å². The SMILES string of the molecule is CCOC(=O)c1cc(NC(=O)Cc2c(C)nn(C)c2C)c[nH]1. The van der Waals surface area contributed by atoms with Crippen molar-refractivity contribution < 1.29 is 14.3 Å². The van der Waals surface area contributed by atoms with E-state index in [1.54, 1.807) is 23.9 Å². The van der Waals surface area contributed by atoms with E-state index >= 15 is 0 Å². The molecule has 118 valence electrons. The number of aryl methyl sites for hydroxylation is 2. The Hall–Kier alpha value is -2.57. The maximum absolute atomic E-state index is 12.1. The number of hydrogen-bond donors (Lipinski definition) is 2. The van der Waals surface area contributed by atoms with Crippen LogP contribution < -0.4 is 5.32 Å². The Morgan fingerprint density at radius 2 is 2.14 bits per heavy atom. The Bertz CT molecular complexity index is 700. The van der Waals surface area contributed by atoms with Gasteiger partial charge in [-0.3, -0.25) is 9.48 Å². The van der Waals surface area contributed by atoms with Crippen molar-refractivity contribution in [3.8, 4) is 0 Å². The number of carbonyl (C=O) groups is 2. The van der Waals surface area contributed by atoms with Crippen LogP contribution in [0.15, 0.2) is 12.3 Å². The molecular weight excluding hydrogens is 284 g/mol. The van der Waals surface area contributed by atoms with Crippen molar-refractivity contribution >= 4 is 17.6 Å². The van der Waals surface area contributed by atoms with Gasteiger partial charge >= 0.3 is 5.97 Å². The molecule has 0 atom stereocenters. The molecule has 2 aromatic rings. The first-order valence-electron chi connectivity index (χ1n) is 7.06. The lowest BCUT2D eigenvalue weighted by atomic mass is 10.1. The number of rotatable bonds is 5. The van der Waals surface area contributed by atoms with Crippen LogP contribution in [0.2, 0.25) is 0 Å². The molecule has 0 aromatic carbocycles. The van der Waals surface area contributed by atoms with Gasteiger partial charge in [-0.2, -0.15) is 5.10 Å². The summed E-state index contributed by atoms with van der Waals surface area (Å²) < 4.78 is 6.64. The van der Waals surface area contributed by atoms with Gasteiger partial charge in [-0.1, -0.05) is 0 Å². The molecule has 2 heterocycles. The highest BCUT2D eigenvalue weighted by atomic mass is 16.5. The Morgan fingerprint density at radius 1 is 1.41 bits per heavy atom. The minimum atomic E-state index is -0.443. The second kappa shape index (κ2) is 6.46. The van der Waals surface area contributed by atoms with E-state index in [9.17, 15) is 9.59 Å². The molecule has 0 aliphatic rings. The topological polar surface area (TPSA) is 89.0 Å². The van der Waals surface area contributed by atoms with Crippen molar-refractivity contribution in [1.82, 2.24) is 14.8 Å². The summed E-state index contributed by atoms with van der Waals surface area (Å²) >= 11 is 0. The average Bonchev–Trinajstić information content (AvgIpc) is 3.00. The summed E-state index contributed by atoms with van der Waals surface area (Å²) in [6, 6.07) is 1.55. The molecule has 0 spiro atoms. The quantitative estimate of drug-likeness (QED) is 0.823. The fraction of sp³-hybridized carbons (Fsp3) is 0.400. The molecule has 0 aliphatic carbocycles. The van der Waals surface area contributed by atoms with Crippen LogP contribution in [0.25, 0.3) is 0 Å². The molecular formula is C15H20N4O3. The number of nitrogens with one attached hydrogen (secondary N) is 2. The molecule has 7 heteroatoms. The van der Waals surface area contributed by atoms with Gasteiger partial charge in [-0.25, -0.2) is 4.79 Å². The van der Waals surface area contributed by atoms with Gasteiger partial charge in [-0.15, -0.1) is 0 Å². The molecule has 2 aromatic heterocycles. The second-order valence-corrected chi connectivity index (χ2v) is 5.02. The number of anilines is 1. The molecule has 2 rings (SSSR count). The number of H-pyrrole nitrogens is 1. The van der Waals surface area contributed by atoms with Crippen LogP contribution in [0, 0.1) is 13.8 Å². The average molecular weight is 304 g/mol. The van der Waals surface area contributed by atoms with Crippen LogP contribution in [0.4, 0.5) is 5.69 Å². The lowest BCUT2D eigenvalue weighted by molar-refractivity contribution is -0.115.